The second-order valence-electron chi connectivity index (χ2n) is 3.76. The molecule has 0 aliphatic carbocycles. The zero-order chi connectivity index (χ0) is 13.2. The third-order valence-corrected chi connectivity index (χ3v) is 3.72. The molecule has 0 saturated heterocycles. The van der Waals surface area contributed by atoms with Crippen molar-refractivity contribution < 1.29 is 9.47 Å². The molecule has 1 rings (SSSR count). The van der Waals surface area contributed by atoms with E-state index in [1.54, 1.807) is 18.9 Å². The SMILES string of the molecule is COCCNCc1cc(OCCSC)ccc1Br. The molecule has 102 valence electrons. The Balaban J connectivity index is 2.46. The summed E-state index contributed by atoms with van der Waals surface area (Å²) in [7, 11) is 1.71. The topological polar surface area (TPSA) is 30.5 Å². The number of hydrogen-bond acceptors (Lipinski definition) is 4. The van der Waals surface area contributed by atoms with Crippen molar-refractivity contribution in [3.63, 3.8) is 0 Å². The van der Waals surface area contributed by atoms with Gasteiger partial charge in [-0.25, -0.2) is 0 Å². The lowest BCUT2D eigenvalue weighted by Crippen LogP contribution is -2.18. The number of nitrogens with one attached hydrogen (secondary N) is 1. The summed E-state index contributed by atoms with van der Waals surface area (Å²) in [6, 6.07) is 6.09. The second-order valence-corrected chi connectivity index (χ2v) is 5.60. The third kappa shape index (κ3) is 6.09. The van der Waals surface area contributed by atoms with Gasteiger partial charge in [-0.05, 0) is 30.0 Å². The van der Waals surface area contributed by atoms with E-state index in [2.05, 4.69) is 33.6 Å². The first-order valence-corrected chi connectivity index (χ1v) is 8.06. The van der Waals surface area contributed by atoms with Gasteiger partial charge < -0.3 is 14.8 Å². The highest BCUT2D eigenvalue weighted by molar-refractivity contribution is 9.10. The fourth-order valence-electron chi connectivity index (χ4n) is 1.42. The van der Waals surface area contributed by atoms with Crippen LogP contribution in [0, 0.1) is 0 Å². The Morgan fingerprint density at radius 3 is 2.89 bits per heavy atom. The molecule has 5 heteroatoms. The van der Waals surface area contributed by atoms with Gasteiger partial charge in [0.2, 0.25) is 0 Å². The van der Waals surface area contributed by atoms with E-state index in [0.717, 1.165) is 42.3 Å². The predicted octanol–water partition coefficient (Wildman–Crippen LogP) is 2.93. The summed E-state index contributed by atoms with van der Waals surface area (Å²) in [4.78, 5) is 0. The van der Waals surface area contributed by atoms with Crippen molar-refractivity contribution in [1.82, 2.24) is 5.32 Å². The van der Waals surface area contributed by atoms with Crippen LogP contribution in [0.25, 0.3) is 0 Å². The number of halogens is 1. The average Bonchev–Trinajstić information content (AvgIpc) is 2.38. The van der Waals surface area contributed by atoms with Crippen LogP contribution in [-0.4, -0.2) is 38.9 Å². The lowest BCUT2D eigenvalue weighted by molar-refractivity contribution is 0.199. The molecule has 0 aliphatic heterocycles. The number of rotatable bonds is 9. The Morgan fingerprint density at radius 2 is 2.17 bits per heavy atom. The molecule has 3 nitrogen and oxygen atoms in total. The van der Waals surface area contributed by atoms with Gasteiger partial charge in [0, 0.05) is 30.4 Å². The average molecular weight is 334 g/mol. The summed E-state index contributed by atoms with van der Waals surface area (Å²) in [6.07, 6.45) is 2.08. The molecule has 0 spiro atoms. The Bertz CT molecular complexity index is 350. The highest BCUT2D eigenvalue weighted by Crippen LogP contribution is 2.22. The molecule has 1 aromatic rings. The van der Waals surface area contributed by atoms with Crippen LogP contribution in [0.3, 0.4) is 0 Å². The maximum Gasteiger partial charge on any atom is 0.119 e. The Hall–Kier alpha value is -0.230. The first kappa shape index (κ1) is 15.8. The van der Waals surface area contributed by atoms with Crippen molar-refractivity contribution in [1.29, 1.82) is 0 Å². The van der Waals surface area contributed by atoms with Gasteiger partial charge in [-0.1, -0.05) is 15.9 Å². The van der Waals surface area contributed by atoms with Crippen molar-refractivity contribution in [2.24, 2.45) is 0 Å². The van der Waals surface area contributed by atoms with Crippen LogP contribution >= 0.6 is 27.7 Å². The zero-order valence-electron chi connectivity index (χ0n) is 10.9. The van der Waals surface area contributed by atoms with Crippen LogP contribution in [0.15, 0.2) is 22.7 Å². The van der Waals surface area contributed by atoms with E-state index < -0.39 is 0 Å². The summed E-state index contributed by atoms with van der Waals surface area (Å²) in [5, 5.41) is 3.32. The maximum atomic E-state index is 5.68. The summed E-state index contributed by atoms with van der Waals surface area (Å²) in [5.41, 5.74) is 1.20. The highest BCUT2D eigenvalue weighted by atomic mass is 79.9. The molecule has 0 aliphatic rings. The normalized spacial score (nSPS) is 10.6. The molecular formula is C13H20BrNO2S. The highest BCUT2D eigenvalue weighted by Gasteiger charge is 2.02. The van der Waals surface area contributed by atoms with Crippen LogP contribution in [0.2, 0.25) is 0 Å². The second kappa shape index (κ2) is 9.67. The van der Waals surface area contributed by atoms with Gasteiger partial charge in [-0.2, -0.15) is 11.8 Å². The van der Waals surface area contributed by atoms with Gasteiger partial charge in [0.25, 0.3) is 0 Å². The molecule has 0 amide bonds. The quantitative estimate of drug-likeness (QED) is 0.704. The lowest BCUT2D eigenvalue weighted by Gasteiger charge is -2.10. The van der Waals surface area contributed by atoms with Crippen molar-refractivity contribution in [2.75, 3.05) is 38.9 Å². The molecule has 0 fully saturated rings. The van der Waals surface area contributed by atoms with Crippen LogP contribution in [0.1, 0.15) is 5.56 Å². The molecule has 0 unspecified atom stereocenters. The van der Waals surface area contributed by atoms with Crippen molar-refractivity contribution in [3.8, 4) is 5.75 Å². The van der Waals surface area contributed by atoms with E-state index in [9.17, 15) is 0 Å². The number of benzene rings is 1. The third-order valence-electron chi connectivity index (χ3n) is 2.37. The molecule has 0 aromatic heterocycles. The predicted molar refractivity (Wildman–Crippen MR) is 81.6 cm³/mol. The van der Waals surface area contributed by atoms with Gasteiger partial charge in [-0.15, -0.1) is 0 Å². The Morgan fingerprint density at radius 1 is 1.33 bits per heavy atom. The van der Waals surface area contributed by atoms with Crippen LogP contribution in [0.4, 0.5) is 0 Å². The Kier molecular flexibility index (Phi) is 8.50. The van der Waals surface area contributed by atoms with Crippen molar-refractivity contribution in [2.45, 2.75) is 6.54 Å². The molecule has 1 N–H and O–H groups in total. The van der Waals surface area contributed by atoms with Crippen LogP contribution in [0.5, 0.6) is 5.75 Å². The minimum atomic E-state index is 0.724. The molecule has 18 heavy (non-hydrogen) atoms. The molecule has 0 bridgehead atoms. The van der Waals surface area contributed by atoms with E-state index in [0.29, 0.717) is 0 Å². The van der Waals surface area contributed by atoms with Crippen molar-refractivity contribution >= 4 is 27.7 Å². The number of thioether (sulfide) groups is 1. The first-order valence-electron chi connectivity index (χ1n) is 5.87. The van der Waals surface area contributed by atoms with E-state index in [1.807, 2.05) is 12.1 Å². The van der Waals surface area contributed by atoms with Gasteiger partial charge in [0.1, 0.15) is 5.75 Å². The number of ether oxygens (including phenoxy) is 2. The summed E-state index contributed by atoms with van der Waals surface area (Å²) in [5.74, 6) is 1.94. The fourth-order valence-corrected chi connectivity index (χ4v) is 2.05. The summed E-state index contributed by atoms with van der Waals surface area (Å²) in [6.45, 7) is 3.13. The molecule has 0 radical (unpaired) electrons. The fraction of sp³-hybridized carbons (Fsp3) is 0.538. The van der Waals surface area contributed by atoms with Gasteiger partial charge in [-0.3, -0.25) is 0 Å². The summed E-state index contributed by atoms with van der Waals surface area (Å²) >= 11 is 5.34. The summed E-state index contributed by atoms with van der Waals surface area (Å²) < 4.78 is 11.8. The first-order chi connectivity index (χ1) is 8.77. The minimum absolute atomic E-state index is 0.724. The molecule has 0 heterocycles. The largest absolute Gasteiger partial charge is 0.493 e. The monoisotopic (exact) mass is 333 g/mol. The van der Waals surface area contributed by atoms with E-state index >= 15 is 0 Å². The van der Waals surface area contributed by atoms with E-state index in [-0.39, 0.29) is 0 Å². The molecule has 0 saturated carbocycles. The molecule has 1 aromatic carbocycles. The molecule has 0 atom stereocenters. The van der Waals surface area contributed by atoms with Gasteiger partial charge in [0.05, 0.1) is 13.2 Å². The van der Waals surface area contributed by atoms with E-state index in [4.69, 9.17) is 9.47 Å². The smallest absolute Gasteiger partial charge is 0.119 e. The van der Waals surface area contributed by atoms with Crippen LogP contribution < -0.4 is 10.1 Å². The molecular weight excluding hydrogens is 314 g/mol. The number of hydrogen-bond donors (Lipinski definition) is 1. The van der Waals surface area contributed by atoms with Gasteiger partial charge in [0.15, 0.2) is 0 Å². The van der Waals surface area contributed by atoms with Crippen molar-refractivity contribution in [3.05, 3.63) is 28.2 Å². The standard InChI is InChI=1S/C13H20BrNO2S/c1-16-6-5-15-10-11-9-12(3-4-13(11)14)17-7-8-18-2/h3-4,9,15H,5-8,10H2,1-2H3. The van der Waals surface area contributed by atoms with Crippen LogP contribution in [-0.2, 0) is 11.3 Å². The lowest BCUT2D eigenvalue weighted by atomic mass is 10.2. The van der Waals surface area contributed by atoms with E-state index in [1.165, 1.54) is 5.56 Å². The minimum Gasteiger partial charge on any atom is -0.493 e. The number of methoxy groups -OCH3 is 1. The Labute approximate surface area is 122 Å². The maximum absolute atomic E-state index is 5.68. The zero-order valence-corrected chi connectivity index (χ0v) is 13.3. The van der Waals surface area contributed by atoms with Gasteiger partial charge >= 0.3 is 0 Å².